The summed E-state index contributed by atoms with van der Waals surface area (Å²) in [5, 5.41) is 9.43. The number of hydrogen-bond acceptors (Lipinski definition) is 3. The number of carbonyl (C=O) groups is 1. The van der Waals surface area contributed by atoms with Crippen molar-refractivity contribution in [2.24, 2.45) is 4.99 Å². The summed E-state index contributed by atoms with van der Waals surface area (Å²) >= 11 is 0. The smallest absolute Gasteiger partial charge is 0.357 e. The average Bonchev–Trinajstić information content (AvgIpc) is 3.07. The lowest BCUT2D eigenvalue weighted by Gasteiger charge is -2.19. The maximum Gasteiger partial charge on any atom is 0.416 e. The number of rotatable bonds is 8. The third-order valence-corrected chi connectivity index (χ3v) is 4.70. The van der Waals surface area contributed by atoms with Crippen molar-refractivity contribution < 1.29 is 18.0 Å². The standard InChI is InChI=1S/C21H32F3N5O/c1-4-25-20(26-11-9-19(30)27-15(2)3)28-18-10-12-29(14-18)13-16-5-7-17(8-6-16)21(22,23)24/h5-8,15,18H,4,9-14H2,1-3H3,(H,27,30)(H2,25,26,28). The van der Waals surface area contributed by atoms with E-state index in [1.54, 1.807) is 0 Å². The van der Waals surface area contributed by atoms with Gasteiger partial charge in [-0.25, -0.2) is 0 Å². The summed E-state index contributed by atoms with van der Waals surface area (Å²) in [7, 11) is 0. The molecule has 168 valence electrons. The van der Waals surface area contributed by atoms with E-state index >= 15 is 0 Å². The van der Waals surface area contributed by atoms with Crippen molar-refractivity contribution >= 4 is 11.9 Å². The number of carbonyl (C=O) groups excluding carboxylic acids is 1. The van der Waals surface area contributed by atoms with Gasteiger partial charge in [-0.15, -0.1) is 0 Å². The van der Waals surface area contributed by atoms with Crippen molar-refractivity contribution in [1.82, 2.24) is 20.9 Å². The Balaban J connectivity index is 1.82. The zero-order valence-electron chi connectivity index (χ0n) is 17.9. The largest absolute Gasteiger partial charge is 0.416 e. The van der Waals surface area contributed by atoms with Gasteiger partial charge in [0.25, 0.3) is 0 Å². The highest BCUT2D eigenvalue weighted by Crippen LogP contribution is 2.29. The quantitative estimate of drug-likeness (QED) is 0.441. The molecule has 1 fully saturated rings. The lowest BCUT2D eigenvalue weighted by Crippen LogP contribution is -2.44. The maximum atomic E-state index is 12.7. The molecule has 1 aliphatic rings. The van der Waals surface area contributed by atoms with Crippen LogP contribution in [-0.4, -0.2) is 55.0 Å². The summed E-state index contributed by atoms with van der Waals surface area (Å²) < 4.78 is 38.1. The van der Waals surface area contributed by atoms with Gasteiger partial charge in [0.2, 0.25) is 5.91 Å². The van der Waals surface area contributed by atoms with E-state index in [-0.39, 0.29) is 18.0 Å². The molecule has 0 spiro atoms. The van der Waals surface area contributed by atoms with Gasteiger partial charge in [-0.2, -0.15) is 13.2 Å². The number of nitrogens with one attached hydrogen (secondary N) is 3. The Labute approximate surface area is 176 Å². The number of likely N-dealkylation sites (tertiary alicyclic amines) is 1. The Bertz CT molecular complexity index is 704. The maximum absolute atomic E-state index is 12.7. The highest BCUT2D eigenvalue weighted by atomic mass is 19.4. The van der Waals surface area contributed by atoms with Gasteiger partial charge < -0.3 is 16.0 Å². The van der Waals surface area contributed by atoms with Crippen LogP contribution in [0.1, 0.15) is 44.7 Å². The molecule has 1 aliphatic heterocycles. The SMILES string of the molecule is CCNC(=NCCC(=O)NC(C)C)NC1CCN(Cc2ccc(C(F)(F)F)cc2)C1. The first-order valence-electron chi connectivity index (χ1n) is 10.4. The molecule has 30 heavy (non-hydrogen) atoms. The third-order valence-electron chi connectivity index (χ3n) is 4.70. The Kier molecular flexibility index (Phi) is 8.95. The molecule has 9 heteroatoms. The third kappa shape index (κ3) is 8.22. The van der Waals surface area contributed by atoms with Gasteiger partial charge in [0.05, 0.1) is 12.1 Å². The molecule has 1 aromatic rings. The fourth-order valence-electron chi connectivity index (χ4n) is 3.33. The monoisotopic (exact) mass is 427 g/mol. The number of nitrogens with zero attached hydrogens (tertiary/aromatic N) is 2. The molecular weight excluding hydrogens is 395 g/mol. The van der Waals surface area contributed by atoms with E-state index in [0.29, 0.717) is 32.0 Å². The van der Waals surface area contributed by atoms with E-state index in [2.05, 4.69) is 25.8 Å². The molecule has 0 aliphatic carbocycles. The van der Waals surface area contributed by atoms with E-state index in [9.17, 15) is 18.0 Å². The van der Waals surface area contributed by atoms with Crippen LogP contribution < -0.4 is 16.0 Å². The Morgan fingerprint density at radius 2 is 1.97 bits per heavy atom. The summed E-state index contributed by atoms with van der Waals surface area (Å²) in [6, 6.07) is 5.65. The average molecular weight is 428 g/mol. The van der Waals surface area contributed by atoms with Crippen LogP contribution in [0.15, 0.2) is 29.3 Å². The van der Waals surface area contributed by atoms with E-state index < -0.39 is 11.7 Å². The fraction of sp³-hybridized carbons (Fsp3) is 0.619. The van der Waals surface area contributed by atoms with Crippen molar-refractivity contribution in [3.8, 4) is 0 Å². The second-order valence-corrected chi connectivity index (χ2v) is 7.79. The minimum Gasteiger partial charge on any atom is -0.357 e. The van der Waals surface area contributed by atoms with Crippen LogP contribution in [0.4, 0.5) is 13.2 Å². The summed E-state index contributed by atoms with van der Waals surface area (Å²) in [5.74, 6) is 0.657. The predicted molar refractivity (Wildman–Crippen MR) is 112 cm³/mol. The molecule has 1 aromatic carbocycles. The van der Waals surface area contributed by atoms with Gasteiger partial charge in [0.1, 0.15) is 0 Å². The summed E-state index contributed by atoms with van der Waals surface area (Å²) in [6.07, 6.45) is -3.06. The molecule has 1 unspecified atom stereocenters. The number of aliphatic imine (C=N–C) groups is 1. The minimum absolute atomic E-state index is 0.0202. The number of benzene rings is 1. The molecule has 1 heterocycles. The van der Waals surface area contributed by atoms with E-state index in [1.807, 2.05) is 20.8 Å². The van der Waals surface area contributed by atoms with E-state index in [0.717, 1.165) is 37.2 Å². The predicted octanol–water partition coefficient (Wildman–Crippen LogP) is 2.75. The summed E-state index contributed by atoms with van der Waals surface area (Å²) in [6.45, 7) is 9.18. The van der Waals surface area contributed by atoms with Gasteiger partial charge in [-0.3, -0.25) is 14.7 Å². The number of alkyl halides is 3. The van der Waals surface area contributed by atoms with Crippen LogP contribution in [0.3, 0.4) is 0 Å². The first-order chi connectivity index (χ1) is 14.2. The summed E-state index contributed by atoms with van der Waals surface area (Å²) in [4.78, 5) is 18.4. The topological polar surface area (TPSA) is 68.8 Å². The zero-order chi connectivity index (χ0) is 22.1. The molecule has 0 aromatic heterocycles. The Morgan fingerprint density at radius 3 is 2.57 bits per heavy atom. The van der Waals surface area contributed by atoms with Crippen LogP contribution >= 0.6 is 0 Å². The van der Waals surface area contributed by atoms with Crippen molar-refractivity contribution in [2.75, 3.05) is 26.2 Å². The highest BCUT2D eigenvalue weighted by Gasteiger charge is 2.30. The van der Waals surface area contributed by atoms with Gasteiger partial charge in [0, 0.05) is 44.7 Å². The first-order valence-corrected chi connectivity index (χ1v) is 10.4. The Morgan fingerprint density at radius 1 is 1.27 bits per heavy atom. The Hall–Kier alpha value is -2.29. The summed E-state index contributed by atoms with van der Waals surface area (Å²) in [5.41, 5.74) is 0.237. The number of hydrogen-bond donors (Lipinski definition) is 3. The fourth-order valence-corrected chi connectivity index (χ4v) is 3.33. The molecular formula is C21H32F3N5O. The van der Waals surface area contributed by atoms with Gasteiger partial charge in [0.15, 0.2) is 5.96 Å². The molecule has 1 atom stereocenters. The number of amides is 1. The van der Waals surface area contributed by atoms with Crippen LogP contribution in [0.2, 0.25) is 0 Å². The molecule has 3 N–H and O–H groups in total. The minimum atomic E-state index is -4.31. The van der Waals surface area contributed by atoms with E-state index in [4.69, 9.17) is 0 Å². The first kappa shape index (κ1) is 24.0. The molecule has 0 bridgehead atoms. The molecule has 0 radical (unpaired) electrons. The molecule has 0 saturated carbocycles. The van der Waals surface area contributed by atoms with Crippen LogP contribution in [-0.2, 0) is 17.5 Å². The van der Waals surface area contributed by atoms with Crippen molar-refractivity contribution in [1.29, 1.82) is 0 Å². The number of guanidine groups is 1. The van der Waals surface area contributed by atoms with Crippen LogP contribution in [0, 0.1) is 0 Å². The zero-order valence-corrected chi connectivity index (χ0v) is 17.9. The van der Waals surface area contributed by atoms with E-state index in [1.165, 1.54) is 12.1 Å². The van der Waals surface area contributed by atoms with Gasteiger partial charge in [-0.05, 0) is 44.9 Å². The molecule has 6 nitrogen and oxygen atoms in total. The second-order valence-electron chi connectivity index (χ2n) is 7.79. The molecule has 1 amide bonds. The van der Waals surface area contributed by atoms with Crippen molar-refractivity contribution in [2.45, 2.75) is 58.4 Å². The van der Waals surface area contributed by atoms with Gasteiger partial charge >= 0.3 is 6.18 Å². The normalized spacial score (nSPS) is 18.0. The van der Waals surface area contributed by atoms with Crippen molar-refractivity contribution in [3.05, 3.63) is 35.4 Å². The number of halogens is 3. The molecule has 1 saturated heterocycles. The van der Waals surface area contributed by atoms with Crippen LogP contribution in [0.5, 0.6) is 0 Å². The lowest BCUT2D eigenvalue weighted by atomic mass is 10.1. The van der Waals surface area contributed by atoms with Crippen molar-refractivity contribution in [3.63, 3.8) is 0 Å². The van der Waals surface area contributed by atoms with Crippen LogP contribution in [0.25, 0.3) is 0 Å². The highest BCUT2D eigenvalue weighted by molar-refractivity contribution is 5.81. The lowest BCUT2D eigenvalue weighted by molar-refractivity contribution is -0.137. The second kappa shape index (κ2) is 11.2. The molecule has 2 rings (SSSR count). The van der Waals surface area contributed by atoms with Gasteiger partial charge in [-0.1, -0.05) is 12.1 Å².